The van der Waals surface area contributed by atoms with E-state index in [2.05, 4.69) is 22.3 Å². The summed E-state index contributed by atoms with van der Waals surface area (Å²) in [5.74, 6) is -0.118. The van der Waals surface area contributed by atoms with Crippen LogP contribution in [-0.4, -0.2) is 23.6 Å². The van der Waals surface area contributed by atoms with Crippen molar-refractivity contribution in [3.8, 4) is 0 Å². The Morgan fingerprint density at radius 2 is 1.69 bits per heavy atom. The number of hydrogen-bond donors (Lipinski definition) is 1. The van der Waals surface area contributed by atoms with Gasteiger partial charge in [0, 0.05) is 42.1 Å². The number of amides is 1. The highest BCUT2D eigenvalue weighted by atomic mass is 16.2. The van der Waals surface area contributed by atoms with Crippen LogP contribution in [0, 0.1) is 0 Å². The number of fused-ring (bicyclic) bond motifs is 1. The van der Waals surface area contributed by atoms with Gasteiger partial charge in [0.2, 0.25) is 5.91 Å². The molecular formula is C21H21N3O2. The molecule has 0 saturated carbocycles. The Kier molecular flexibility index (Phi) is 4.44. The van der Waals surface area contributed by atoms with Crippen LogP contribution in [0.3, 0.4) is 0 Å². The van der Waals surface area contributed by atoms with Crippen molar-refractivity contribution in [2.24, 2.45) is 0 Å². The molecule has 0 bridgehead atoms. The number of nitrogens with one attached hydrogen (secondary N) is 1. The Morgan fingerprint density at radius 3 is 2.46 bits per heavy atom. The Bertz CT molecular complexity index is 986. The van der Waals surface area contributed by atoms with E-state index in [4.69, 9.17) is 0 Å². The molecule has 2 heterocycles. The van der Waals surface area contributed by atoms with Gasteiger partial charge in [-0.1, -0.05) is 12.1 Å². The highest BCUT2D eigenvalue weighted by Crippen LogP contribution is 2.22. The zero-order valence-corrected chi connectivity index (χ0v) is 14.5. The molecule has 5 nitrogen and oxygen atoms in total. The second-order valence-corrected chi connectivity index (χ2v) is 6.61. The number of carbonyl (C=O) groups is 1. The molecular weight excluding hydrogens is 326 g/mol. The summed E-state index contributed by atoms with van der Waals surface area (Å²) >= 11 is 0. The molecule has 1 N–H and O–H groups in total. The number of nitrogens with zero attached hydrogens (tertiary/aromatic N) is 2. The van der Waals surface area contributed by atoms with E-state index < -0.39 is 0 Å². The van der Waals surface area contributed by atoms with Crippen LogP contribution in [0.25, 0.3) is 10.9 Å². The number of carbonyl (C=O) groups excluding carboxylic acids is 1. The minimum Gasteiger partial charge on any atom is -0.372 e. The Hall–Kier alpha value is -3.08. The SMILES string of the molecule is O=C(Cn1ccc(=O)c2ccccc21)Nc1ccc(N2CCCC2)cc1. The van der Waals surface area contributed by atoms with Crippen LogP contribution in [0.5, 0.6) is 0 Å². The Morgan fingerprint density at radius 1 is 0.962 bits per heavy atom. The molecule has 1 saturated heterocycles. The third-order valence-corrected chi connectivity index (χ3v) is 4.82. The van der Waals surface area contributed by atoms with Gasteiger partial charge >= 0.3 is 0 Å². The van der Waals surface area contributed by atoms with Gasteiger partial charge in [-0.05, 0) is 49.2 Å². The van der Waals surface area contributed by atoms with Crippen LogP contribution < -0.4 is 15.6 Å². The molecule has 0 aliphatic carbocycles. The molecule has 26 heavy (non-hydrogen) atoms. The minimum absolute atomic E-state index is 0.0326. The summed E-state index contributed by atoms with van der Waals surface area (Å²) in [6.45, 7) is 2.37. The Balaban J connectivity index is 1.47. The number of benzene rings is 2. The third-order valence-electron chi connectivity index (χ3n) is 4.82. The lowest BCUT2D eigenvalue weighted by Gasteiger charge is -2.18. The fourth-order valence-corrected chi connectivity index (χ4v) is 3.48. The van der Waals surface area contributed by atoms with E-state index in [1.54, 1.807) is 16.8 Å². The second-order valence-electron chi connectivity index (χ2n) is 6.61. The van der Waals surface area contributed by atoms with E-state index in [1.807, 2.05) is 30.3 Å². The first-order chi connectivity index (χ1) is 12.7. The highest BCUT2D eigenvalue weighted by Gasteiger charge is 2.12. The van der Waals surface area contributed by atoms with E-state index in [-0.39, 0.29) is 17.9 Å². The first-order valence-electron chi connectivity index (χ1n) is 8.94. The second kappa shape index (κ2) is 7.04. The van der Waals surface area contributed by atoms with Crippen molar-refractivity contribution in [3.05, 3.63) is 71.0 Å². The molecule has 1 aromatic heterocycles. The summed E-state index contributed by atoms with van der Waals surface area (Å²) in [5.41, 5.74) is 2.71. The number of rotatable bonds is 4. The van der Waals surface area contributed by atoms with E-state index in [0.29, 0.717) is 5.39 Å². The van der Waals surface area contributed by atoms with Crippen molar-refractivity contribution in [1.29, 1.82) is 0 Å². The summed E-state index contributed by atoms with van der Waals surface area (Å²) in [4.78, 5) is 26.7. The predicted molar refractivity (Wildman–Crippen MR) is 105 cm³/mol. The normalized spacial score (nSPS) is 13.9. The van der Waals surface area contributed by atoms with Crippen molar-refractivity contribution in [2.75, 3.05) is 23.3 Å². The minimum atomic E-state index is -0.118. The summed E-state index contributed by atoms with van der Waals surface area (Å²) < 4.78 is 1.80. The molecule has 1 aliphatic heterocycles. The average molecular weight is 347 g/mol. The maximum absolute atomic E-state index is 12.4. The Labute approximate surface area is 151 Å². The molecule has 0 radical (unpaired) electrons. The number of hydrogen-bond acceptors (Lipinski definition) is 3. The molecule has 0 unspecified atom stereocenters. The zero-order valence-electron chi connectivity index (χ0n) is 14.5. The lowest BCUT2D eigenvalue weighted by molar-refractivity contribution is -0.116. The summed E-state index contributed by atoms with van der Waals surface area (Å²) in [5, 5.41) is 3.55. The maximum atomic E-state index is 12.4. The van der Waals surface area contributed by atoms with Gasteiger partial charge in [0.25, 0.3) is 0 Å². The van der Waals surface area contributed by atoms with E-state index in [1.165, 1.54) is 24.6 Å². The predicted octanol–water partition coefficient (Wildman–Crippen LogP) is 3.24. The lowest BCUT2D eigenvalue weighted by Crippen LogP contribution is -2.20. The summed E-state index contributed by atoms with van der Waals surface area (Å²) in [7, 11) is 0. The molecule has 0 atom stereocenters. The highest BCUT2D eigenvalue weighted by molar-refractivity contribution is 5.92. The molecule has 3 aromatic rings. The number of para-hydroxylation sites is 1. The van der Waals surface area contributed by atoms with Crippen molar-refractivity contribution in [2.45, 2.75) is 19.4 Å². The van der Waals surface area contributed by atoms with Crippen molar-refractivity contribution in [1.82, 2.24) is 4.57 Å². The molecule has 1 amide bonds. The lowest BCUT2D eigenvalue weighted by atomic mass is 10.2. The summed E-state index contributed by atoms with van der Waals surface area (Å²) in [6.07, 6.45) is 4.15. The monoisotopic (exact) mass is 347 g/mol. The van der Waals surface area contributed by atoms with Crippen LogP contribution in [0.4, 0.5) is 11.4 Å². The number of aromatic nitrogens is 1. The van der Waals surface area contributed by atoms with Gasteiger partial charge in [-0.25, -0.2) is 0 Å². The van der Waals surface area contributed by atoms with E-state index >= 15 is 0 Å². The van der Waals surface area contributed by atoms with Crippen LogP contribution in [0.1, 0.15) is 12.8 Å². The van der Waals surface area contributed by atoms with Crippen LogP contribution in [0.15, 0.2) is 65.6 Å². The van der Waals surface area contributed by atoms with E-state index in [0.717, 1.165) is 24.3 Å². The van der Waals surface area contributed by atoms with Gasteiger partial charge in [0.05, 0.1) is 5.52 Å². The maximum Gasteiger partial charge on any atom is 0.244 e. The van der Waals surface area contributed by atoms with Crippen molar-refractivity contribution < 1.29 is 4.79 Å². The molecule has 132 valence electrons. The smallest absolute Gasteiger partial charge is 0.244 e. The summed E-state index contributed by atoms with van der Waals surface area (Å²) in [6, 6.07) is 16.8. The molecule has 4 rings (SSSR count). The van der Waals surface area contributed by atoms with Crippen molar-refractivity contribution in [3.63, 3.8) is 0 Å². The van der Waals surface area contributed by atoms with Crippen LogP contribution in [-0.2, 0) is 11.3 Å². The number of anilines is 2. The van der Waals surface area contributed by atoms with Gasteiger partial charge in [-0.2, -0.15) is 0 Å². The first-order valence-corrected chi connectivity index (χ1v) is 8.94. The topological polar surface area (TPSA) is 54.3 Å². The van der Waals surface area contributed by atoms with Gasteiger partial charge in [-0.3, -0.25) is 9.59 Å². The zero-order chi connectivity index (χ0) is 17.9. The standard InChI is InChI=1S/C21H21N3O2/c25-20-11-14-24(19-6-2-1-5-18(19)20)15-21(26)22-16-7-9-17(10-8-16)23-12-3-4-13-23/h1-2,5-11,14H,3-4,12-13,15H2,(H,22,26). The van der Waals surface area contributed by atoms with Gasteiger partial charge in [0.1, 0.15) is 6.54 Å². The van der Waals surface area contributed by atoms with Crippen molar-refractivity contribution >= 4 is 28.2 Å². The molecule has 5 heteroatoms. The van der Waals surface area contributed by atoms with Crippen LogP contribution in [0.2, 0.25) is 0 Å². The fourth-order valence-electron chi connectivity index (χ4n) is 3.48. The van der Waals surface area contributed by atoms with Gasteiger partial charge in [0.15, 0.2) is 5.43 Å². The fraction of sp³-hybridized carbons (Fsp3) is 0.238. The molecule has 2 aromatic carbocycles. The number of pyridine rings is 1. The molecule has 1 fully saturated rings. The van der Waals surface area contributed by atoms with Crippen LogP contribution >= 0.6 is 0 Å². The average Bonchev–Trinajstić information content (AvgIpc) is 3.20. The largest absolute Gasteiger partial charge is 0.372 e. The first kappa shape index (κ1) is 16.4. The molecule has 0 spiro atoms. The van der Waals surface area contributed by atoms with Gasteiger partial charge < -0.3 is 14.8 Å². The third kappa shape index (κ3) is 3.33. The van der Waals surface area contributed by atoms with Gasteiger partial charge in [-0.15, -0.1) is 0 Å². The van der Waals surface area contributed by atoms with E-state index in [9.17, 15) is 9.59 Å². The quantitative estimate of drug-likeness (QED) is 0.788. The molecule has 1 aliphatic rings.